The lowest BCUT2D eigenvalue weighted by Gasteiger charge is -2.21. The van der Waals surface area contributed by atoms with E-state index >= 15 is 0 Å². The highest BCUT2D eigenvalue weighted by Crippen LogP contribution is 2.14. The van der Waals surface area contributed by atoms with Gasteiger partial charge in [0.2, 0.25) is 0 Å². The summed E-state index contributed by atoms with van der Waals surface area (Å²) < 4.78 is 11.2. The normalized spacial score (nSPS) is 15.8. The summed E-state index contributed by atoms with van der Waals surface area (Å²) >= 11 is 0. The van der Waals surface area contributed by atoms with E-state index in [1.165, 1.54) is 11.1 Å². The Balaban J connectivity index is 1.60. The fraction of sp³-hybridized carbons (Fsp3) is 0.682. The van der Waals surface area contributed by atoms with E-state index in [0.717, 1.165) is 77.8 Å². The quantitative estimate of drug-likeness (QED) is 0.346. The summed E-state index contributed by atoms with van der Waals surface area (Å²) in [5, 5.41) is 6.76. The van der Waals surface area contributed by atoms with E-state index in [9.17, 15) is 0 Å². The zero-order valence-electron chi connectivity index (χ0n) is 17.9. The molecule has 6 heteroatoms. The molecule has 0 atom stereocenters. The predicted molar refractivity (Wildman–Crippen MR) is 116 cm³/mol. The molecular weight excluding hydrogens is 352 g/mol. The van der Waals surface area contributed by atoms with Gasteiger partial charge in [-0.25, -0.2) is 0 Å². The Morgan fingerprint density at radius 1 is 1.25 bits per heavy atom. The van der Waals surface area contributed by atoms with E-state index in [-0.39, 0.29) is 0 Å². The number of nitrogens with zero attached hydrogens (tertiary/aromatic N) is 2. The topological polar surface area (TPSA) is 58.1 Å². The van der Waals surface area contributed by atoms with Crippen LogP contribution >= 0.6 is 0 Å². The summed E-state index contributed by atoms with van der Waals surface area (Å²) in [6, 6.07) is 8.72. The Bertz CT molecular complexity index is 573. The van der Waals surface area contributed by atoms with E-state index in [4.69, 9.17) is 9.47 Å². The van der Waals surface area contributed by atoms with Gasteiger partial charge >= 0.3 is 0 Å². The van der Waals surface area contributed by atoms with E-state index in [2.05, 4.69) is 58.8 Å². The predicted octanol–water partition coefficient (Wildman–Crippen LogP) is 2.64. The van der Waals surface area contributed by atoms with Gasteiger partial charge in [-0.2, -0.15) is 0 Å². The van der Waals surface area contributed by atoms with Crippen LogP contribution in [-0.2, 0) is 22.6 Å². The van der Waals surface area contributed by atoms with Gasteiger partial charge in [0.05, 0.1) is 0 Å². The second-order valence-corrected chi connectivity index (χ2v) is 7.49. The molecule has 1 aliphatic heterocycles. The van der Waals surface area contributed by atoms with Crippen molar-refractivity contribution >= 4 is 5.96 Å². The maximum Gasteiger partial charge on any atom is 0.191 e. The number of nitrogens with one attached hydrogen (secondary N) is 2. The number of hydrogen-bond acceptors (Lipinski definition) is 4. The van der Waals surface area contributed by atoms with Gasteiger partial charge in [0, 0.05) is 53.1 Å². The summed E-state index contributed by atoms with van der Waals surface area (Å²) in [6.07, 6.45) is 3.23. The molecule has 2 rings (SSSR count). The molecule has 1 saturated heterocycles. The first-order chi connectivity index (χ1) is 13.7. The summed E-state index contributed by atoms with van der Waals surface area (Å²) in [5.41, 5.74) is 2.61. The first-order valence-corrected chi connectivity index (χ1v) is 10.6. The molecule has 2 N–H and O–H groups in total. The van der Waals surface area contributed by atoms with Gasteiger partial charge in [0.25, 0.3) is 0 Å². The third-order valence-electron chi connectivity index (χ3n) is 5.12. The van der Waals surface area contributed by atoms with Crippen LogP contribution < -0.4 is 10.6 Å². The smallest absolute Gasteiger partial charge is 0.191 e. The number of rotatable bonds is 11. The van der Waals surface area contributed by atoms with Gasteiger partial charge in [-0.3, -0.25) is 4.99 Å². The van der Waals surface area contributed by atoms with E-state index in [1.54, 1.807) is 0 Å². The highest BCUT2D eigenvalue weighted by Gasteiger charge is 2.13. The van der Waals surface area contributed by atoms with Crippen molar-refractivity contribution < 1.29 is 9.47 Å². The van der Waals surface area contributed by atoms with Crippen LogP contribution in [0.25, 0.3) is 0 Å². The monoisotopic (exact) mass is 390 g/mol. The molecule has 1 aliphatic rings. The molecular formula is C22H38N4O2. The molecule has 1 fully saturated rings. The Morgan fingerprint density at radius 3 is 2.79 bits per heavy atom. The van der Waals surface area contributed by atoms with E-state index in [0.29, 0.717) is 5.92 Å². The fourth-order valence-electron chi connectivity index (χ4n) is 3.21. The summed E-state index contributed by atoms with van der Waals surface area (Å²) in [7, 11) is 3.95. The molecule has 0 aromatic heterocycles. The number of benzene rings is 1. The Labute approximate surface area is 170 Å². The van der Waals surface area contributed by atoms with Crippen LogP contribution in [0, 0.1) is 5.92 Å². The lowest BCUT2D eigenvalue weighted by molar-refractivity contribution is 0.0203. The van der Waals surface area contributed by atoms with Crippen LogP contribution in [0.2, 0.25) is 0 Å². The van der Waals surface area contributed by atoms with Crippen LogP contribution in [0.4, 0.5) is 0 Å². The lowest BCUT2D eigenvalue weighted by atomic mass is 10.0. The third kappa shape index (κ3) is 9.04. The van der Waals surface area contributed by atoms with Crippen molar-refractivity contribution in [1.82, 2.24) is 15.5 Å². The van der Waals surface area contributed by atoms with Crippen molar-refractivity contribution in [2.24, 2.45) is 10.9 Å². The van der Waals surface area contributed by atoms with E-state index in [1.807, 2.05) is 7.05 Å². The van der Waals surface area contributed by atoms with Crippen LogP contribution in [0.1, 0.15) is 37.3 Å². The third-order valence-corrected chi connectivity index (χ3v) is 5.12. The molecule has 28 heavy (non-hydrogen) atoms. The molecule has 6 nitrogen and oxygen atoms in total. The minimum absolute atomic E-state index is 0.670. The van der Waals surface area contributed by atoms with Gasteiger partial charge in [0.1, 0.15) is 0 Å². The second kappa shape index (κ2) is 13.5. The highest BCUT2D eigenvalue weighted by atomic mass is 16.5. The van der Waals surface area contributed by atoms with Gasteiger partial charge in [-0.05, 0) is 49.9 Å². The van der Waals surface area contributed by atoms with Gasteiger partial charge in [-0.1, -0.05) is 31.2 Å². The van der Waals surface area contributed by atoms with Gasteiger partial charge in [-0.15, -0.1) is 0 Å². The molecule has 0 saturated carbocycles. The molecule has 0 radical (unpaired) electrons. The van der Waals surface area contributed by atoms with Crippen LogP contribution in [0.3, 0.4) is 0 Å². The van der Waals surface area contributed by atoms with Crippen LogP contribution in [0.15, 0.2) is 29.3 Å². The molecule has 0 spiro atoms. The molecule has 158 valence electrons. The first-order valence-electron chi connectivity index (χ1n) is 10.6. The van der Waals surface area contributed by atoms with Crippen molar-refractivity contribution in [3.63, 3.8) is 0 Å². The maximum atomic E-state index is 5.81. The molecule has 0 amide bonds. The molecule has 0 bridgehead atoms. The molecule has 0 aliphatic carbocycles. The van der Waals surface area contributed by atoms with Crippen LogP contribution in [-0.4, -0.2) is 64.5 Å². The number of guanidine groups is 1. The van der Waals surface area contributed by atoms with Gasteiger partial charge < -0.3 is 25.0 Å². The fourth-order valence-corrected chi connectivity index (χ4v) is 3.21. The minimum atomic E-state index is 0.670. The standard InChI is InChI=1S/C22H38N4O2/c1-4-26(3)17-21-8-5-7-20(15-21)16-25-22(23-2)24-11-6-12-28-18-19-9-13-27-14-10-19/h5,7-8,15,19H,4,6,9-14,16-18H2,1-3H3,(H2,23,24,25). The van der Waals surface area contributed by atoms with Crippen molar-refractivity contribution in [3.8, 4) is 0 Å². The Hall–Kier alpha value is -1.63. The second-order valence-electron chi connectivity index (χ2n) is 7.49. The van der Waals surface area contributed by atoms with Crippen LogP contribution in [0.5, 0.6) is 0 Å². The largest absolute Gasteiger partial charge is 0.381 e. The molecule has 1 aromatic carbocycles. The zero-order valence-corrected chi connectivity index (χ0v) is 17.9. The SMILES string of the molecule is CCN(C)Cc1cccc(CNC(=NC)NCCCOCC2CCOCC2)c1. The van der Waals surface area contributed by atoms with Crippen molar-refractivity contribution in [3.05, 3.63) is 35.4 Å². The number of aliphatic imine (C=N–C) groups is 1. The Morgan fingerprint density at radius 2 is 2.04 bits per heavy atom. The van der Waals surface area contributed by atoms with Gasteiger partial charge in [0.15, 0.2) is 5.96 Å². The maximum absolute atomic E-state index is 5.81. The average molecular weight is 391 g/mol. The summed E-state index contributed by atoms with van der Waals surface area (Å²) in [5.74, 6) is 1.50. The lowest BCUT2D eigenvalue weighted by Crippen LogP contribution is -2.37. The highest BCUT2D eigenvalue weighted by molar-refractivity contribution is 5.79. The molecule has 1 aromatic rings. The van der Waals surface area contributed by atoms with Crippen molar-refractivity contribution in [2.75, 3.05) is 53.6 Å². The Kier molecular flexibility index (Phi) is 10.9. The van der Waals surface area contributed by atoms with Crippen molar-refractivity contribution in [1.29, 1.82) is 0 Å². The molecule has 0 unspecified atom stereocenters. The molecule has 1 heterocycles. The number of hydrogen-bond donors (Lipinski definition) is 2. The zero-order chi connectivity index (χ0) is 20.0. The summed E-state index contributed by atoms with van der Waals surface area (Å²) in [6.45, 7) is 9.25. The minimum Gasteiger partial charge on any atom is -0.381 e. The number of ether oxygens (including phenoxy) is 2. The van der Waals surface area contributed by atoms with E-state index < -0.39 is 0 Å². The summed E-state index contributed by atoms with van der Waals surface area (Å²) in [4.78, 5) is 6.61. The average Bonchev–Trinajstić information content (AvgIpc) is 2.73. The first kappa shape index (κ1) is 22.7. The van der Waals surface area contributed by atoms with Crippen molar-refractivity contribution in [2.45, 2.75) is 39.3 Å².